The number of carbonyl (C=O) groups is 2. The summed E-state index contributed by atoms with van der Waals surface area (Å²) in [5, 5.41) is 10.3. The van der Waals surface area contributed by atoms with E-state index in [-0.39, 0.29) is 11.5 Å². The SMILES string of the molecule is Cc1ncnc(C(=O)N2CCC3(CC2)CN(Cc2nccs2)CCO3)c1C.O=C(O)C(F)(F)F. The van der Waals surface area contributed by atoms with Crippen molar-refractivity contribution in [1.29, 1.82) is 0 Å². The Balaban J connectivity index is 0.000000406. The van der Waals surface area contributed by atoms with Crippen LogP contribution in [0.2, 0.25) is 0 Å². The number of piperidine rings is 1. The number of amides is 1. The molecule has 0 radical (unpaired) electrons. The maximum atomic E-state index is 12.9. The second kappa shape index (κ2) is 10.7. The van der Waals surface area contributed by atoms with Crippen molar-refractivity contribution < 1.29 is 32.6 Å². The Morgan fingerprint density at radius 1 is 1.18 bits per heavy atom. The number of alkyl halides is 3. The number of hydrogen-bond donors (Lipinski definition) is 1. The van der Waals surface area contributed by atoms with Gasteiger partial charge in [0.05, 0.1) is 18.8 Å². The minimum Gasteiger partial charge on any atom is -0.475 e. The molecule has 0 unspecified atom stereocenters. The number of carbonyl (C=O) groups excluding carboxylic acids is 1. The summed E-state index contributed by atoms with van der Waals surface area (Å²) in [6.07, 6.45) is -0.0364. The Bertz CT molecular complexity index is 995. The van der Waals surface area contributed by atoms with E-state index in [0.717, 1.165) is 55.3 Å². The van der Waals surface area contributed by atoms with Crippen LogP contribution < -0.4 is 0 Å². The van der Waals surface area contributed by atoms with Crippen LogP contribution in [0.25, 0.3) is 0 Å². The summed E-state index contributed by atoms with van der Waals surface area (Å²) in [5.41, 5.74) is 2.10. The largest absolute Gasteiger partial charge is 0.490 e. The van der Waals surface area contributed by atoms with Gasteiger partial charge in [-0.25, -0.2) is 19.7 Å². The number of aromatic nitrogens is 3. The summed E-state index contributed by atoms with van der Waals surface area (Å²) < 4.78 is 37.9. The second-order valence-corrected chi connectivity index (χ2v) is 9.17. The van der Waals surface area contributed by atoms with Gasteiger partial charge in [-0.1, -0.05) is 0 Å². The molecule has 0 aliphatic carbocycles. The number of aliphatic carboxylic acids is 1. The predicted molar refractivity (Wildman–Crippen MR) is 116 cm³/mol. The van der Waals surface area contributed by atoms with Gasteiger partial charge in [0.15, 0.2) is 0 Å². The molecule has 0 aromatic carbocycles. The number of nitrogens with zero attached hydrogens (tertiary/aromatic N) is 5. The lowest BCUT2D eigenvalue weighted by Crippen LogP contribution is -2.57. The average molecular weight is 502 g/mol. The van der Waals surface area contributed by atoms with Gasteiger partial charge in [0.1, 0.15) is 17.0 Å². The smallest absolute Gasteiger partial charge is 0.475 e. The molecular formula is C21H26F3N5O4S. The zero-order chi connectivity index (χ0) is 24.9. The van der Waals surface area contributed by atoms with Gasteiger partial charge >= 0.3 is 12.1 Å². The van der Waals surface area contributed by atoms with E-state index in [9.17, 15) is 18.0 Å². The topological polar surface area (TPSA) is 109 Å². The van der Waals surface area contributed by atoms with E-state index in [1.54, 1.807) is 11.3 Å². The summed E-state index contributed by atoms with van der Waals surface area (Å²) in [6, 6.07) is 0. The minimum absolute atomic E-state index is 0.00306. The standard InChI is InChI=1S/C19H25N5O2S.C2HF3O2/c1-14-15(2)21-13-22-17(14)18(25)24-6-3-19(4-7-24)12-23(8-9-26-19)11-16-20-5-10-27-16;3-2(4,5)1(6)7/h5,10,13H,3-4,6-9,11-12H2,1-2H3;(H,6,7). The summed E-state index contributed by atoms with van der Waals surface area (Å²) >= 11 is 1.70. The number of ether oxygens (including phenoxy) is 1. The molecule has 4 heterocycles. The number of thiazole rings is 1. The molecule has 1 N–H and O–H groups in total. The highest BCUT2D eigenvalue weighted by molar-refractivity contribution is 7.09. The van der Waals surface area contributed by atoms with Crippen LogP contribution in [0.3, 0.4) is 0 Å². The van der Waals surface area contributed by atoms with Gasteiger partial charge in [-0.3, -0.25) is 9.69 Å². The molecule has 2 fully saturated rings. The number of morpholine rings is 1. The third-order valence-electron chi connectivity index (χ3n) is 5.91. The molecule has 4 rings (SSSR count). The number of carboxylic acids is 1. The third kappa shape index (κ3) is 6.48. The van der Waals surface area contributed by atoms with Crippen LogP contribution in [0.5, 0.6) is 0 Å². The van der Waals surface area contributed by atoms with Crippen molar-refractivity contribution in [3.8, 4) is 0 Å². The van der Waals surface area contributed by atoms with E-state index in [4.69, 9.17) is 14.6 Å². The normalized spacial score (nSPS) is 18.3. The quantitative estimate of drug-likeness (QED) is 0.684. The number of likely N-dealkylation sites (tertiary alicyclic amines) is 1. The first kappa shape index (κ1) is 26.0. The molecule has 13 heteroatoms. The van der Waals surface area contributed by atoms with Crippen LogP contribution in [0.15, 0.2) is 17.9 Å². The fourth-order valence-electron chi connectivity index (χ4n) is 3.90. The monoisotopic (exact) mass is 501 g/mol. The Morgan fingerprint density at radius 3 is 2.44 bits per heavy atom. The fraction of sp³-hybridized carbons (Fsp3) is 0.571. The van der Waals surface area contributed by atoms with Crippen LogP contribution >= 0.6 is 11.3 Å². The van der Waals surface area contributed by atoms with E-state index in [2.05, 4.69) is 19.9 Å². The maximum absolute atomic E-state index is 12.9. The number of halogens is 3. The van der Waals surface area contributed by atoms with Gasteiger partial charge in [-0.05, 0) is 26.7 Å². The molecule has 34 heavy (non-hydrogen) atoms. The molecule has 0 atom stereocenters. The summed E-state index contributed by atoms with van der Waals surface area (Å²) in [4.78, 5) is 38.9. The van der Waals surface area contributed by atoms with E-state index in [1.807, 2.05) is 30.3 Å². The first-order chi connectivity index (χ1) is 16.0. The van der Waals surface area contributed by atoms with Crippen molar-refractivity contribution in [3.05, 3.63) is 39.9 Å². The van der Waals surface area contributed by atoms with Gasteiger partial charge in [0, 0.05) is 49.0 Å². The Morgan fingerprint density at radius 2 is 1.85 bits per heavy atom. The van der Waals surface area contributed by atoms with Crippen LogP contribution in [0, 0.1) is 13.8 Å². The molecular weight excluding hydrogens is 475 g/mol. The predicted octanol–water partition coefficient (Wildman–Crippen LogP) is 2.69. The van der Waals surface area contributed by atoms with Crippen molar-refractivity contribution in [3.63, 3.8) is 0 Å². The molecule has 1 amide bonds. The highest BCUT2D eigenvalue weighted by atomic mass is 32.1. The fourth-order valence-corrected chi connectivity index (χ4v) is 4.56. The zero-order valence-electron chi connectivity index (χ0n) is 18.8. The van der Waals surface area contributed by atoms with Crippen molar-refractivity contribution in [2.45, 2.75) is 45.0 Å². The number of hydrogen-bond acceptors (Lipinski definition) is 8. The first-order valence-corrected chi connectivity index (χ1v) is 11.5. The van der Waals surface area contributed by atoms with E-state index in [1.165, 1.54) is 6.33 Å². The summed E-state index contributed by atoms with van der Waals surface area (Å²) in [6.45, 7) is 8.68. The minimum atomic E-state index is -5.08. The molecule has 9 nitrogen and oxygen atoms in total. The molecule has 0 bridgehead atoms. The first-order valence-electron chi connectivity index (χ1n) is 10.6. The zero-order valence-corrected chi connectivity index (χ0v) is 19.7. The molecule has 0 saturated carbocycles. The Labute approximate surface area is 198 Å². The van der Waals surface area contributed by atoms with E-state index in [0.29, 0.717) is 18.8 Å². The van der Waals surface area contributed by atoms with Gasteiger partial charge < -0.3 is 14.7 Å². The molecule has 1 spiro atoms. The Kier molecular flexibility index (Phi) is 8.21. The summed E-state index contributed by atoms with van der Waals surface area (Å²) in [7, 11) is 0. The van der Waals surface area contributed by atoms with Crippen LogP contribution in [0.4, 0.5) is 13.2 Å². The third-order valence-corrected chi connectivity index (χ3v) is 6.68. The highest BCUT2D eigenvalue weighted by Gasteiger charge is 2.41. The van der Waals surface area contributed by atoms with E-state index < -0.39 is 12.1 Å². The van der Waals surface area contributed by atoms with Gasteiger partial charge in [-0.2, -0.15) is 13.2 Å². The number of rotatable bonds is 3. The molecule has 2 aliphatic rings. The van der Waals surface area contributed by atoms with Crippen molar-refractivity contribution >= 4 is 23.2 Å². The molecule has 2 aromatic rings. The van der Waals surface area contributed by atoms with E-state index >= 15 is 0 Å². The second-order valence-electron chi connectivity index (χ2n) is 8.20. The van der Waals surface area contributed by atoms with Crippen molar-refractivity contribution in [2.75, 3.05) is 32.8 Å². The maximum Gasteiger partial charge on any atom is 0.490 e. The lowest BCUT2D eigenvalue weighted by Gasteiger charge is -2.47. The van der Waals surface area contributed by atoms with Crippen LogP contribution in [-0.2, 0) is 16.1 Å². The van der Waals surface area contributed by atoms with Crippen molar-refractivity contribution in [1.82, 2.24) is 24.8 Å². The lowest BCUT2D eigenvalue weighted by molar-refractivity contribution is -0.192. The molecule has 2 aromatic heterocycles. The van der Waals surface area contributed by atoms with Gasteiger partial charge in [-0.15, -0.1) is 11.3 Å². The molecule has 2 aliphatic heterocycles. The lowest BCUT2D eigenvalue weighted by atomic mass is 9.89. The van der Waals surface area contributed by atoms with Gasteiger partial charge in [0.25, 0.3) is 5.91 Å². The number of aryl methyl sites for hydroxylation is 1. The average Bonchev–Trinajstić information content (AvgIpc) is 3.29. The van der Waals surface area contributed by atoms with Crippen LogP contribution in [-0.4, -0.2) is 86.3 Å². The van der Waals surface area contributed by atoms with Crippen LogP contribution in [0.1, 0.15) is 39.6 Å². The Hall–Kier alpha value is -2.64. The molecule has 186 valence electrons. The number of carboxylic acid groups (broad SMARTS) is 1. The summed E-state index contributed by atoms with van der Waals surface area (Å²) in [5.74, 6) is -2.75. The van der Waals surface area contributed by atoms with Crippen molar-refractivity contribution in [2.24, 2.45) is 0 Å². The molecule has 2 saturated heterocycles. The van der Waals surface area contributed by atoms with Gasteiger partial charge in [0.2, 0.25) is 0 Å². The highest BCUT2D eigenvalue weighted by Crippen LogP contribution is 2.31.